The number of hydrogen-bond donors (Lipinski definition) is 0. The Balaban J connectivity index is 2.05. The number of nitrogens with zero attached hydrogens (tertiary/aromatic N) is 1. The van der Waals surface area contributed by atoms with Gasteiger partial charge in [-0.2, -0.15) is 0 Å². The van der Waals surface area contributed by atoms with Crippen molar-refractivity contribution in [3.63, 3.8) is 0 Å². The minimum Gasteiger partial charge on any atom is -0.248 e. The molecule has 0 bridgehead atoms. The van der Waals surface area contributed by atoms with Crippen molar-refractivity contribution in [1.82, 2.24) is 4.98 Å². The van der Waals surface area contributed by atoms with Gasteiger partial charge in [-0.15, -0.1) is 11.3 Å². The molecule has 20 heavy (non-hydrogen) atoms. The summed E-state index contributed by atoms with van der Waals surface area (Å²) in [4.78, 5) is 6.25. The number of aromatic nitrogens is 1. The molecule has 0 spiro atoms. The molecule has 3 rings (SSSR count). The predicted molar refractivity (Wildman–Crippen MR) is 86.5 cm³/mol. The molecule has 0 aliphatic heterocycles. The summed E-state index contributed by atoms with van der Waals surface area (Å²) in [6.45, 7) is 4.51. The maximum absolute atomic E-state index is 4.83. The quantitative estimate of drug-likeness (QED) is 0.724. The first-order chi connectivity index (χ1) is 9.72. The molecule has 0 unspecified atom stereocenters. The van der Waals surface area contributed by atoms with Crippen LogP contribution >= 0.6 is 11.3 Å². The van der Waals surface area contributed by atoms with E-state index in [-0.39, 0.29) is 5.41 Å². The summed E-state index contributed by atoms with van der Waals surface area (Å²) in [6.07, 6.45) is 8.63. The van der Waals surface area contributed by atoms with E-state index in [4.69, 9.17) is 4.98 Å². The molecule has 0 radical (unpaired) electrons. The lowest BCUT2D eigenvalue weighted by Crippen LogP contribution is -2.30. The molecule has 1 aliphatic carbocycles. The SMILES string of the molecule is CC(C)c1cnc(C2(c3ccccc3)CCCCC2)s1. The van der Waals surface area contributed by atoms with Gasteiger partial charge in [0.25, 0.3) is 0 Å². The van der Waals surface area contributed by atoms with E-state index in [1.54, 1.807) is 0 Å². The molecule has 1 fully saturated rings. The first kappa shape index (κ1) is 13.8. The van der Waals surface area contributed by atoms with E-state index in [2.05, 4.69) is 50.4 Å². The molecule has 1 aliphatic rings. The van der Waals surface area contributed by atoms with Crippen LogP contribution in [0.4, 0.5) is 0 Å². The van der Waals surface area contributed by atoms with E-state index in [0.717, 1.165) is 0 Å². The van der Waals surface area contributed by atoms with Crippen LogP contribution in [-0.4, -0.2) is 4.98 Å². The van der Waals surface area contributed by atoms with Crippen LogP contribution in [0.1, 0.15) is 67.3 Å². The largest absolute Gasteiger partial charge is 0.248 e. The number of benzene rings is 1. The second-order valence-corrected chi connectivity index (χ2v) is 7.29. The standard InChI is InChI=1S/C18H23NS/c1-14(2)16-13-19-17(20-16)18(11-7-4-8-12-18)15-9-5-3-6-10-15/h3,5-6,9-10,13-14H,4,7-8,11-12H2,1-2H3. The van der Waals surface area contributed by atoms with Crippen molar-refractivity contribution < 1.29 is 0 Å². The van der Waals surface area contributed by atoms with Crippen molar-refractivity contribution in [2.75, 3.05) is 0 Å². The first-order valence-electron chi connectivity index (χ1n) is 7.74. The van der Waals surface area contributed by atoms with E-state index in [1.807, 2.05) is 11.3 Å². The molecular formula is C18H23NS. The van der Waals surface area contributed by atoms with Crippen LogP contribution in [0.3, 0.4) is 0 Å². The van der Waals surface area contributed by atoms with Gasteiger partial charge >= 0.3 is 0 Å². The lowest BCUT2D eigenvalue weighted by atomic mass is 9.70. The van der Waals surface area contributed by atoms with Crippen molar-refractivity contribution in [1.29, 1.82) is 0 Å². The highest BCUT2D eigenvalue weighted by atomic mass is 32.1. The van der Waals surface area contributed by atoms with E-state index in [0.29, 0.717) is 5.92 Å². The van der Waals surface area contributed by atoms with E-state index >= 15 is 0 Å². The topological polar surface area (TPSA) is 12.9 Å². The number of rotatable bonds is 3. The third-order valence-electron chi connectivity index (χ3n) is 4.54. The minimum atomic E-state index is 0.178. The van der Waals surface area contributed by atoms with Crippen molar-refractivity contribution in [3.8, 4) is 0 Å². The fourth-order valence-corrected chi connectivity index (χ4v) is 4.50. The summed E-state index contributed by atoms with van der Waals surface area (Å²) in [7, 11) is 0. The monoisotopic (exact) mass is 285 g/mol. The third kappa shape index (κ3) is 2.42. The normalized spacial score (nSPS) is 18.4. The van der Waals surface area contributed by atoms with Gasteiger partial charge in [0.2, 0.25) is 0 Å². The van der Waals surface area contributed by atoms with Crippen LogP contribution in [0.2, 0.25) is 0 Å². The van der Waals surface area contributed by atoms with Crippen molar-refractivity contribution in [3.05, 3.63) is 52.0 Å². The van der Waals surface area contributed by atoms with Crippen LogP contribution in [0, 0.1) is 0 Å². The van der Waals surface area contributed by atoms with E-state index in [1.165, 1.54) is 47.6 Å². The maximum atomic E-state index is 4.83. The second kappa shape index (κ2) is 5.69. The van der Waals surface area contributed by atoms with Gasteiger partial charge in [0.1, 0.15) is 5.01 Å². The van der Waals surface area contributed by atoms with E-state index in [9.17, 15) is 0 Å². The first-order valence-corrected chi connectivity index (χ1v) is 8.56. The molecular weight excluding hydrogens is 262 g/mol. The Bertz CT molecular complexity index is 550. The average Bonchev–Trinajstić information content (AvgIpc) is 2.99. The smallest absolute Gasteiger partial charge is 0.103 e. The fourth-order valence-electron chi connectivity index (χ4n) is 3.31. The Labute approximate surface area is 126 Å². The summed E-state index contributed by atoms with van der Waals surface area (Å²) in [5, 5.41) is 1.34. The molecule has 0 saturated heterocycles. The van der Waals surface area contributed by atoms with Crippen molar-refractivity contribution in [2.45, 2.75) is 57.3 Å². The number of thiazole rings is 1. The molecule has 0 amide bonds. The molecule has 1 aromatic carbocycles. The van der Waals surface area contributed by atoms with Gasteiger partial charge in [0.15, 0.2) is 0 Å². The summed E-state index contributed by atoms with van der Waals surface area (Å²) in [5.41, 5.74) is 1.64. The summed E-state index contributed by atoms with van der Waals surface area (Å²) in [5.74, 6) is 0.581. The average molecular weight is 285 g/mol. The molecule has 2 heteroatoms. The predicted octanol–water partition coefficient (Wildman–Crippen LogP) is 5.52. The molecule has 1 aromatic heterocycles. The molecule has 106 valence electrons. The molecule has 2 aromatic rings. The Hall–Kier alpha value is -1.15. The Morgan fingerprint density at radius 3 is 2.35 bits per heavy atom. The summed E-state index contributed by atoms with van der Waals surface area (Å²) >= 11 is 1.93. The van der Waals surface area contributed by atoms with Crippen molar-refractivity contribution in [2.24, 2.45) is 0 Å². The van der Waals surface area contributed by atoms with Gasteiger partial charge in [0, 0.05) is 16.5 Å². The van der Waals surface area contributed by atoms with Crippen LogP contribution in [-0.2, 0) is 5.41 Å². The molecule has 0 atom stereocenters. The van der Waals surface area contributed by atoms with Crippen LogP contribution in [0.15, 0.2) is 36.5 Å². The second-order valence-electron chi connectivity index (χ2n) is 6.23. The van der Waals surface area contributed by atoms with Gasteiger partial charge in [-0.25, -0.2) is 4.98 Å². The Morgan fingerprint density at radius 2 is 1.75 bits per heavy atom. The highest BCUT2D eigenvalue weighted by molar-refractivity contribution is 7.11. The van der Waals surface area contributed by atoms with E-state index < -0.39 is 0 Å². The van der Waals surface area contributed by atoms with Gasteiger partial charge in [-0.3, -0.25) is 0 Å². The highest BCUT2D eigenvalue weighted by Gasteiger charge is 2.38. The van der Waals surface area contributed by atoms with Crippen LogP contribution in [0.5, 0.6) is 0 Å². The lowest BCUT2D eigenvalue weighted by molar-refractivity contribution is 0.345. The lowest BCUT2D eigenvalue weighted by Gasteiger charge is -2.36. The molecule has 1 saturated carbocycles. The maximum Gasteiger partial charge on any atom is 0.103 e. The fraction of sp³-hybridized carbons (Fsp3) is 0.500. The molecule has 1 nitrogen and oxygen atoms in total. The van der Waals surface area contributed by atoms with Gasteiger partial charge in [0.05, 0.1) is 0 Å². The van der Waals surface area contributed by atoms with Gasteiger partial charge in [-0.05, 0) is 24.3 Å². The van der Waals surface area contributed by atoms with Crippen molar-refractivity contribution >= 4 is 11.3 Å². The highest BCUT2D eigenvalue weighted by Crippen LogP contribution is 2.46. The van der Waals surface area contributed by atoms with Gasteiger partial charge in [-0.1, -0.05) is 63.4 Å². The summed E-state index contributed by atoms with van der Waals surface area (Å²) < 4.78 is 0. The summed E-state index contributed by atoms with van der Waals surface area (Å²) in [6, 6.07) is 11.0. The zero-order chi connectivity index (χ0) is 14.0. The van der Waals surface area contributed by atoms with Crippen LogP contribution in [0.25, 0.3) is 0 Å². The minimum absolute atomic E-state index is 0.178. The van der Waals surface area contributed by atoms with Crippen LogP contribution < -0.4 is 0 Å². The Kier molecular flexibility index (Phi) is 3.93. The third-order valence-corrected chi connectivity index (χ3v) is 6.04. The molecule has 1 heterocycles. The van der Waals surface area contributed by atoms with Gasteiger partial charge < -0.3 is 0 Å². The zero-order valence-corrected chi connectivity index (χ0v) is 13.2. The Morgan fingerprint density at radius 1 is 1.05 bits per heavy atom. The molecule has 0 N–H and O–H groups in total. The number of hydrogen-bond acceptors (Lipinski definition) is 2. The zero-order valence-electron chi connectivity index (χ0n) is 12.4.